The number of esters is 1. The van der Waals surface area contributed by atoms with Gasteiger partial charge in [-0.1, -0.05) is 17.6 Å². The van der Waals surface area contributed by atoms with E-state index in [2.05, 4.69) is 4.74 Å². The van der Waals surface area contributed by atoms with Crippen LogP contribution >= 0.6 is 0 Å². The summed E-state index contributed by atoms with van der Waals surface area (Å²) in [7, 11) is 6.82. The number of carbonyl (C=O) groups excluding carboxylic acids is 1. The fourth-order valence-corrected chi connectivity index (χ4v) is 0.989. The summed E-state index contributed by atoms with van der Waals surface area (Å²) in [5, 5.41) is 8.81. The number of ether oxygens (including phenoxy) is 1. The smallest absolute Gasteiger partial charge is 0.337 e. The average Bonchev–Trinajstić information content (AvgIpc) is 2.17. The second-order valence-corrected chi connectivity index (χ2v) is 2.57. The van der Waals surface area contributed by atoms with Gasteiger partial charge in [0.2, 0.25) is 0 Å². The molecule has 0 aliphatic heterocycles. The van der Waals surface area contributed by atoms with E-state index < -0.39 is 5.97 Å². The van der Waals surface area contributed by atoms with Crippen LogP contribution in [0.15, 0.2) is 18.2 Å². The number of methoxy groups -OCH3 is 1. The number of aliphatic hydroxyl groups is 1. The second kappa shape index (κ2) is 4.09. The van der Waals surface area contributed by atoms with Crippen molar-refractivity contribution in [3.63, 3.8) is 0 Å². The molecule has 0 spiro atoms. The van der Waals surface area contributed by atoms with E-state index in [0.717, 1.165) is 0 Å². The van der Waals surface area contributed by atoms with E-state index in [1.165, 1.54) is 13.2 Å². The van der Waals surface area contributed by atoms with Crippen LogP contribution in [-0.2, 0) is 11.3 Å². The molecule has 0 saturated carbocycles. The van der Waals surface area contributed by atoms with Gasteiger partial charge in [0, 0.05) is 0 Å². The topological polar surface area (TPSA) is 46.5 Å². The zero-order chi connectivity index (χ0) is 9.84. The highest BCUT2D eigenvalue weighted by Gasteiger charge is 2.08. The van der Waals surface area contributed by atoms with Crippen LogP contribution in [0.5, 0.6) is 0 Å². The van der Waals surface area contributed by atoms with Crippen molar-refractivity contribution >= 4 is 19.3 Å². The molecule has 1 aromatic rings. The van der Waals surface area contributed by atoms with Crippen molar-refractivity contribution in [2.45, 2.75) is 6.61 Å². The third-order valence-electron chi connectivity index (χ3n) is 1.71. The number of hydrogen-bond acceptors (Lipinski definition) is 3. The molecule has 13 heavy (non-hydrogen) atoms. The first-order valence-electron chi connectivity index (χ1n) is 3.76. The molecule has 1 aromatic carbocycles. The Morgan fingerprint density at radius 2 is 2.31 bits per heavy atom. The molecule has 2 radical (unpaired) electrons. The molecular weight excluding hydrogens is 167 g/mol. The first-order chi connectivity index (χ1) is 6.19. The minimum Gasteiger partial charge on any atom is -0.465 e. The Hall–Kier alpha value is -1.29. The molecule has 1 rings (SSSR count). The zero-order valence-electron chi connectivity index (χ0n) is 7.28. The van der Waals surface area contributed by atoms with Crippen LogP contribution in [0.1, 0.15) is 15.9 Å². The maximum absolute atomic E-state index is 11.1. The Morgan fingerprint density at radius 1 is 1.62 bits per heavy atom. The van der Waals surface area contributed by atoms with Gasteiger partial charge in [-0.3, -0.25) is 0 Å². The lowest BCUT2D eigenvalue weighted by molar-refractivity contribution is 0.0602. The summed E-state index contributed by atoms with van der Waals surface area (Å²) >= 11 is 0. The summed E-state index contributed by atoms with van der Waals surface area (Å²) in [5.41, 5.74) is 1.27. The van der Waals surface area contributed by atoms with Crippen LogP contribution in [0.2, 0.25) is 0 Å². The molecule has 3 nitrogen and oxygen atoms in total. The first kappa shape index (κ1) is 9.80. The molecular formula is C9H9BO3. The number of hydrogen-bond donors (Lipinski definition) is 1. The van der Waals surface area contributed by atoms with Gasteiger partial charge in [0.25, 0.3) is 0 Å². The van der Waals surface area contributed by atoms with Crippen LogP contribution in [0.25, 0.3) is 0 Å². The Balaban J connectivity index is 3.11. The maximum Gasteiger partial charge on any atom is 0.337 e. The average molecular weight is 176 g/mol. The van der Waals surface area contributed by atoms with Gasteiger partial charge in [-0.25, -0.2) is 4.79 Å². The maximum atomic E-state index is 11.1. The number of benzene rings is 1. The van der Waals surface area contributed by atoms with Crippen molar-refractivity contribution < 1.29 is 14.6 Å². The molecule has 0 aliphatic carbocycles. The highest BCUT2D eigenvalue weighted by atomic mass is 16.5. The van der Waals surface area contributed by atoms with Gasteiger partial charge in [-0.05, 0) is 11.6 Å². The van der Waals surface area contributed by atoms with E-state index in [-0.39, 0.29) is 12.2 Å². The van der Waals surface area contributed by atoms with Crippen LogP contribution < -0.4 is 5.46 Å². The molecule has 0 atom stereocenters. The molecule has 0 bridgehead atoms. The second-order valence-electron chi connectivity index (χ2n) is 2.57. The van der Waals surface area contributed by atoms with Gasteiger partial charge in [0.1, 0.15) is 7.85 Å². The lowest BCUT2D eigenvalue weighted by Crippen LogP contribution is -2.17. The fourth-order valence-electron chi connectivity index (χ4n) is 0.989. The van der Waals surface area contributed by atoms with Gasteiger partial charge < -0.3 is 9.84 Å². The molecule has 1 N–H and O–H groups in total. The summed E-state index contributed by atoms with van der Waals surface area (Å²) in [6.45, 7) is -0.121. The molecule has 0 saturated heterocycles. The van der Waals surface area contributed by atoms with E-state index in [4.69, 9.17) is 13.0 Å². The van der Waals surface area contributed by atoms with E-state index in [0.29, 0.717) is 11.0 Å². The van der Waals surface area contributed by atoms with Crippen molar-refractivity contribution in [3.8, 4) is 0 Å². The number of rotatable bonds is 2. The minimum absolute atomic E-state index is 0.121. The van der Waals surface area contributed by atoms with Gasteiger partial charge >= 0.3 is 5.97 Å². The van der Waals surface area contributed by atoms with Gasteiger partial charge in [0.05, 0.1) is 19.3 Å². The van der Waals surface area contributed by atoms with Gasteiger partial charge in [-0.2, -0.15) is 0 Å². The predicted octanol–water partition coefficient (Wildman–Crippen LogP) is -0.241. The molecule has 0 fully saturated rings. The van der Waals surface area contributed by atoms with E-state index in [9.17, 15) is 4.79 Å². The predicted molar refractivity (Wildman–Crippen MR) is 49.1 cm³/mol. The molecule has 0 aliphatic rings. The van der Waals surface area contributed by atoms with Crippen LogP contribution in [0, 0.1) is 0 Å². The lowest BCUT2D eigenvalue weighted by atomic mass is 9.89. The molecule has 0 heterocycles. The van der Waals surface area contributed by atoms with Crippen molar-refractivity contribution in [1.82, 2.24) is 0 Å². The number of carbonyl (C=O) groups is 1. The van der Waals surface area contributed by atoms with Crippen LogP contribution in [0.3, 0.4) is 0 Å². The lowest BCUT2D eigenvalue weighted by Gasteiger charge is -2.05. The standard InChI is InChI=1S/C9H9BO3/c1-13-9(12)7-4-6(5-11)2-3-8(7)10/h2-4,11H,5H2,1H3. The summed E-state index contributed by atoms with van der Waals surface area (Å²) in [5.74, 6) is -0.493. The number of aliphatic hydroxyl groups excluding tert-OH is 1. The SMILES string of the molecule is [B]c1ccc(CO)cc1C(=O)OC. The first-order valence-corrected chi connectivity index (χ1v) is 3.76. The Morgan fingerprint density at radius 3 is 2.85 bits per heavy atom. The Bertz CT molecular complexity index is 323. The quantitative estimate of drug-likeness (QED) is 0.499. The van der Waals surface area contributed by atoms with Crippen molar-refractivity contribution in [2.75, 3.05) is 7.11 Å². The summed E-state index contributed by atoms with van der Waals surface area (Å²) in [6, 6.07) is 4.74. The molecule has 0 aromatic heterocycles. The normalized spacial score (nSPS) is 9.69. The minimum atomic E-state index is -0.493. The fraction of sp³-hybridized carbons (Fsp3) is 0.222. The van der Waals surface area contributed by atoms with Crippen LogP contribution in [0.4, 0.5) is 0 Å². The van der Waals surface area contributed by atoms with Crippen molar-refractivity contribution in [1.29, 1.82) is 0 Å². The van der Waals surface area contributed by atoms with E-state index >= 15 is 0 Å². The van der Waals surface area contributed by atoms with Crippen molar-refractivity contribution in [2.24, 2.45) is 0 Å². The third-order valence-corrected chi connectivity index (χ3v) is 1.71. The monoisotopic (exact) mass is 176 g/mol. The third kappa shape index (κ3) is 2.09. The Kier molecular flexibility index (Phi) is 3.09. The molecule has 0 amide bonds. The summed E-state index contributed by atoms with van der Waals surface area (Å²) in [6.07, 6.45) is 0. The summed E-state index contributed by atoms with van der Waals surface area (Å²) < 4.78 is 4.52. The van der Waals surface area contributed by atoms with Crippen molar-refractivity contribution in [3.05, 3.63) is 29.3 Å². The zero-order valence-corrected chi connectivity index (χ0v) is 7.28. The Labute approximate surface area is 77.7 Å². The highest BCUT2D eigenvalue weighted by molar-refractivity contribution is 6.36. The van der Waals surface area contributed by atoms with Gasteiger partial charge in [0.15, 0.2) is 0 Å². The van der Waals surface area contributed by atoms with Crippen LogP contribution in [-0.4, -0.2) is 26.0 Å². The largest absolute Gasteiger partial charge is 0.465 e. The summed E-state index contributed by atoms with van der Waals surface area (Å²) in [4.78, 5) is 11.1. The molecule has 4 heteroatoms. The van der Waals surface area contributed by atoms with Gasteiger partial charge in [-0.15, -0.1) is 0 Å². The van der Waals surface area contributed by atoms with E-state index in [1.807, 2.05) is 0 Å². The highest BCUT2D eigenvalue weighted by Crippen LogP contribution is 2.03. The molecule has 0 unspecified atom stereocenters. The molecule has 66 valence electrons. The van der Waals surface area contributed by atoms with E-state index in [1.54, 1.807) is 12.1 Å².